The number of aliphatic hydroxyl groups excluding tert-OH is 6. The molecule has 0 heterocycles. The van der Waals surface area contributed by atoms with Crippen molar-refractivity contribution >= 4 is 12.2 Å². The van der Waals surface area contributed by atoms with Gasteiger partial charge in [0, 0.05) is 0 Å². The summed E-state index contributed by atoms with van der Waals surface area (Å²) in [4.78, 5) is 20.9. The molecular formula is C16H30N4O10. The van der Waals surface area contributed by atoms with Gasteiger partial charge in [0.2, 0.25) is 0 Å². The van der Waals surface area contributed by atoms with Crippen molar-refractivity contribution in [3.05, 3.63) is 24.3 Å². The minimum absolute atomic E-state index is 0.0406. The van der Waals surface area contributed by atoms with E-state index in [9.17, 15) is 9.59 Å². The van der Waals surface area contributed by atoms with Crippen LogP contribution in [-0.2, 0) is 0 Å². The highest BCUT2D eigenvalue weighted by Gasteiger charge is 2.21. The van der Waals surface area contributed by atoms with Crippen LogP contribution in [0.2, 0.25) is 0 Å². The van der Waals surface area contributed by atoms with E-state index in [4.69, 9.17) is 53.6 Å². The van der Waals surface area contributed by atoms with E-state index in [1.165, 1.54) is 12.1 Å². The molecule has 1 aromatic carbocycles. The molecular weight excluding hydrogens is 408 g/mol. The molecule has 0 spiro atoms. The van der Waals surface area contributed by atoms with Gasteiger partial charge in [0.25, 0.3) is 0 Å². The lowest BCUT2D eigenvalue weighted by Crippen LogP contribution is -2.50. The van der Waals surface area contributed by atoms with E-state index in [2.05, 4.69) is 9.47 Å². The molecule has 174 valence electrons. The second-order valence-electron chi connectivity index (χ2n) is 5.96. The van der Waals surface area contributed by atoms with Crippen molar-refractivity contribution < 1.29 is 49.7 Å². The third-order valence-electron chi connectivity index (χ3n) is 3.16. The third-order valence-corrected chi connectivity index (χ3v) is 3.16. The van der Waals surface area contributed by atoms with E-state index >= 15 is 0 Å². The van der Waals surface area contributed by atoms with E-state index < -0.39 is 62.9 Å². The Morgan fingerprint density at radius 1 is 0.667 bits per heavy atom. The molecule has 0 saturated heterocycles. The van der Waals surface area contributed by atoms with E-state index in [1.807, 2.05) is 0 Å². The Hall–Kier alpha value is -2.56. The van der Waals surface area contributed by atoms with Crippen molar-refractivity contribution in [1.29, 1.82) is 0 Å². The fraction of sp³-hybridized carbons (Fsp3) is 0.500. The summed E-state index contributed by atoms with van der Waals surface area (Å²) in [5.74, 6) is 0.0811. The summed E-state index contributed by atoms with van der Waals surface area (Å²) in [6, 6.07) is 6.02. The summed E-state index contributed by atoms with van der Waals surface area (Å²) in [7, 11) is 0. The lowest BCUT2D eigenvalue weighted by atomic mass is 10.1. The maximum Gasteiger partial charge on any atom is 0.410 e. The van der Waals surface area contributed by atoms with Crippen molar-refractivity contribution in [2.45, 2.75) is 11.1 Å². The Kier molecular flexibility index (Phi) is 15.1. The van der Waals surface area contributed by atoms with E-state index in [0.29, 0.717) is 0 Å². The smallest absolute Gasteiger partial charge is 0.406 e. The summed E-state index contributed by atoms with van der Waals surface area (Å²) in [6.07, 6.45) is -1.99. The summed E-state index contributed by atoms with van der Waals surface area (Å²) in [6.45, 7) is -2.42. The number of hydrogen-bond acceptors (Lipinski definition) is 12. The summed E-state index contributed by atoms with van der Waals surface area (Å²) >= 11 is 0. The highest BCUT2D eigenvalue weighted by molar-refractivity contribution is 5.72. The second kappa shape index (κ2) is 15.3. The quantitative estimate of drug-likeness (QED) is 0.185. The molecule has 1 rings (SSSR count). The Morgan fingerprint density at radius 3 is 1.03 bits per heavy atom. The van der Waals surface area contributed by atoms with Gasteiger partial charge in [-0.25, -0.2) is 9.59 Å². The molecule has 2 amide bonds. The van der Waals surface area contributed by atoms with Gasteiger partial charge in [0.05, 0.1) is 50.7 Å². The fourth-order valence-corrected chi connectivity index (χ4v) is 1.14. The van der Waals surface area contributed by atoms with Crippen LogP contribution in [0.5, 0.6) is 11.5 Å². The van der Waals surface area contributed by atoms with Crippen molar-refractivity contribution in [1.82, 2.24) is 0 Å². The molecule has 0 aliphatic rings. The van der Waals surface area contributed by atoms with Gasteiger partial charge in [-0.2, -0.15) is 0 Å². The molecule has 0 aliphatic heterocycles. The van der Waals surface area contributed by atoms with Crippen LogP contribution in [0.3, 0.4) is 0 Å². The van der Waals surface area contributed by atoms with Gasteiger partial charge in [-0.15, -0.1) is 0 Å². The average Bonchev–Trinajstić information content (AvgIpc) is 2.74. The van der Waals surface area contributed by atoms with E-state index in [-0.39, 0.29) is 11.5 Å². The number of ether oxygens (including phenoxy) is 2. The van der Waals surface area contributed by atoms with E-state index in [1.54, 1.807) is 12.1 Å². The molecule has 0 aliphatic carbocycles. The number of carbonyl (C=O) groups is 2. The van der Waals surface area contributed by atoms with Gasteiger partial charge in [-0.05, 0) is 12.1 Å². The minimum atomic E-state index is -1.21. The Morgan fingerprint density at radius 2 is 0.900 bits per heavy atom. The summed E-state index contributed by atoms with van der Waals surface area (Å²) in [5, 5.41) is 50.0. The van der Waals surface area contributed by atoms with Crippen molar-refractivity contribution in [2.24, 2.45) is 22.9 Å². The lowest BCUT2D eigenvalue weighted by molar-refractivity contribution is 0.0695. The summed E-state index contributed by atoms with van der Waals surface area (Å²) < 4.78 is 9.10. The molecule has 0 unspecified atom stereocenters. The van der Waals surface area contributed by atoms with Crippen LogP contribution < -0.4 is 32.4 Å². The lowest BCUT2D eigenvalue weighted by Gasteiger charge is -2.20. The predicted molar refractivity (Wildman–Crippen MR) is 103 cm³/mol. The molecule has 0 atom stereocenters. The van der Waals surface area contributed by atoms with Crippen molar-refractivity contribution in [3.63, 3.8) is 0 Å². The molecule has 0 aromatic heterocycles. The number of nitrogens with two attached hydrogens (primary N) is 4. The normalized spacial score (nSPS) is 10.7. The maximum absolute atomic E-state index is 10.4. The first-order valence-electron chi connectivity index (χ1n) is 8.23. The van der Waals surface area contributed by atoms with Crippen LogP contribution in [0.4, 0.5) is 9.59 Å². The Balaban J connectivity index is 0. The highest BCUT2D eigenvalue weighted by atomic mass is 16.6. The second-order valence-corrected chi connectivity index (χ2v) is 5.96. The molecule has 30 heavy (non-hydrogen) atoms. The van der Waals surface area contributed by atoms with Gasteiger partial charge < -0.3 is 63.0 Å². The zero-order chi connectivity index (χ0) is 23.8. The summed E-state index contributed by atoms with van der Waals surface area (Å²) in [5.41, 5.74) is 17.5. The SMILES string of the molecule is NC(=O)Oc1ccccc1OC(N)=O.NC(CO)(CO)CO.NC(CO)(CO)CO. The van der Waals surface area contributed by atoms with Gasteiger partial charge in [0.1, 0.15) is 0 Å². The maximum atomic E-state index is 10.4. The molecule has 1 aromatic rings. The molecule has 0 saturated carbocycles. The number of hydrogen-bond donors (Lipinski definition) is 10. The molecule has 0 radical (unpaired) electrons. The van der Waals surface area contributed by atoms with Crippen molar-refractivity contribution in [3.8, 4) is 11.5 Å². The Labute approximate surface area is 172 Å². The first-order chi connectivity index (χ1) is 14.0. The minimum Gasteiger partial charge on any atom is -0.406 e. The zero-order valence-corrected chi connectivity index (χ0v) is 16.2. The zero-order valence-electron chi connectivity index (χ0n) is 16.2. The van der Waals surface area contributed by atoms with Crippen molar-refractivity contribution in [2.75, 3.05) is 39.6 Å². The highest BCUT2D eigenvalue weighted by Crippen LogP contribution is 2.26. The van der Waals surface area contributed by atoms with Gasteiger partial charge in [-0.1, -0.05) is 12.1 Å². The molecule has 0 fully saturated rings. The number of amides is 2. The van der Waals surface area contributed by atoms with Gasteiger partial charge >= 0.3 is 12.2 Å². The van der Waals surface area contributed by atoms with Crippen LogP contribution in [0.1, 0.15) is 0 Å². The third kappa shape index (κ3) is 12.8. The van der Waals surface area contributed by atoms with Crippen LogP contribution in [0.25, 0.3) is 0 Å². The van der Waals surface area contributed by atoms with Crippen LogP contribution in [0, 0.1) is 0 Å². The number of carbonyl (C=O) groups excluding carboxylic acids is 2. The predicted octanol–water partition coefficient (Wildman–Crippen LogP) is -4.08. The number of benzene rings is 1. The average molecular weight is 438 g/mol. The monoisotopic (exact) mass is 438 g/mol. The number of aliphatic hydroxyl groups is 6. The van der Waals surface area contributed by atoms with Gasteiger partial charge in [0.15, 0.2) is 11.5 Å². The van der Waals surface area contributed by atoms with Crippen LogP contribution >= 0.6 is 0 Å². The standard InChI is InChI=1S/C8H8N2O4.2C4H11NO3/c9-7(11)13-5-3-1-2-4-6(5)14-8(10)12;2*5-4(1-6,2-7)3-8/h1-4H,(H2,9,11)(H2,10,12);2*6-8H,1-3,5H2. The molecule has 14 heteroatoms. The molecule has 14 nitrogen and oxygen atoms in total. The Bertz CT molecular complexity index is 554. The first kappa shape index (κ1) is 29.6. The number of rotatable bonds is 8. The van der Waals surface area contributed by atoms with Gasteiger partial charge in [-0.3, -0.25) is 0 Å². The topological polar surface area (TPSA) is 278 Å². The van der Waals surface area contributed by atoms with E-state index in [0.717, 1.165) is 0 Å². The molecule has 0 bridgehead atoms. The fourth-order valence-electron chi connectivity index (χ4n) is 1.14. The molecule has 14 N–H and O–H groups in total. The number of para-hydroxylation sites is 2. The van der Waals surface area contributed by atoms with Crippen LogP contribution in [-0.4, -0.2) is 93.5 Å². The first-order valence-corrected chi connectivity index (χ1v) is 8.23. The number of primary amides is 2. The largest absolute Gasteiger partial charge is 0.410 e. The van der Waals surface area contributed by atoms with Crippen LogP contribution in [0.15, 0.2) is 24.3 Å².